The average Bonchev–Trinajstić information content (AvgIpc) is 2.38. The molecule has 0 atom stereocenters. The van der Waals surface area contributed by atoms with E-state index in [4.69, 9.17) is 0 Å². The molecule has 0 heterocycles. The Balaban J connectivity index is 3.08. The molecule has 0 spiro atoms. The molecule has 0 radical (unpaired) electrons. The second kappa shape index (κ2) is 7.20. The van der Waals surface area contributed by atoms with Gasteiger partial charge in [-0.1, -0.05) is 25.8 Å². The maximum atomic E-state index is 12.6. The lowest BCUT2D eigenvalue weighted by Crippen LogP contribution is -2.28. The van der Waals surface area contributed by atoms with Crippen LogP contribution in [0.25, 0.3) is 0 Å². The van der Waals surface area contributed by atoms with Crippen LogP contribution in [0.1, 0.15) is 42.9 Å². The highest BCUT2D eigenvalue weighted by Gasteiger charge is 2.23. The summed E-state index contributed by atoms with van der Waals surface area (Å²) in [6, 6.07) is 3.41. The number of hydrogen-bond donors (Lipinski definition) is 1. The van der Waals surface area contributed by atoms with Gasteiger partial charge in [0.15, 0.2) is 0 Å². The average molecular weight is 299 g/mol. The molecule has 0 aliphatic heterocycles. The highest BCUT2D eigenvalue weighted by molar-refractivity contribution is 7.89. The number of aliphatic hydroxyl groups excluding tert-OH is 1. The molecule has 0 fully saturated rings. The second-order valence-electron chi connectivity index (χ2n) is 5.24. The first-order chi connectivity index (χ1) is 9.34. The predicted molar refractivity (Wildman–Crippen MR) is 81.2 cm³/mol. The summed E-state index contributed by atoms with van der Waals surface area (Å²) < 4.78 is 26.5. The van der Waals surface area contributed by atoms with Crippen molar-refractivity contribution in [2.75, 3.05) is 13.6 Å². The van der Waals surface area contributed by atoms with Crippen LogP contribution in [-0.4, -0.2) is 31.4 Å². The maximum Gasteiger partial charge on any atom is 0.243 e. The fourth-order valence-corrected chi connectivity index (χ4v) is 3.66. The van der Waals surface area contributed by atoms with E-state index in [1.165, 1.54) is 4.31 Å². The van der Waals surface area contributed by atoms with Gasteiger partial charge in [-0.05, 0) is 43.0 Å². The Kier molecular flexibility index (Phi) is 6.17. The van der Waals surface area contributed by atoms with Gasteiger partial charge < -0.3 is 5.11 Å². The fourth-order valence-electron chi connectivity index (χ4n) is 2.20. The van der Waals surface area contributed by atoms with E-state index in [0.717, 1.165) is 30.4 Å². The molecule has 0 aromatic heterocycles. The SMILES string of the molecule is CCCCCN(C)S(=O)(=O)c1cc(CO)c(C)cc1C. The number of benzene rings is 1. The minimum atomic E-state index is -3.48. The van der Waals surface area contributed by atoms with Crippen LogP contribution in [0.3, 0.4) is 0 Å². The Morgan fingerprint density at radius 2 is 1.80 bits per heavy atom. The highest BCUT2D eigenvalue weighted by atomic mass is 32.2. The summed E-state index contributed by atoms with van der Waals surface area (Å²) in [6.07, 6.45) is 2.95. The Hall–Kier alpha value is -0.910. The molecule has 0 aliphatic carbocycles. The van der Waals surface area contributed by atoms with E-state index < -0.39 is 10.0 Å². The maximum absolute atomic E-state index is 12.6. The standard InChI is InChI=1S/C15H25NO3S/c1-5-6-7-8-16(4)20(18,19)15-10-14(11-17)12(2)9-13(15)3/h9-10,17H,5-8,11H2,1-4H3. The Bertz CT molecular complexity index is 552. The second-order valence-corrected chi connectivity index (χ2v) is 7.25. The number of sulfonamides is 1. The minimum Gasteiger partial charge on any atom is -0.392 e. The Labute approximate surface area is 122 Å². The lowest BCUT2D eigenvalue weighted by atomic mass is 10.1. The third-order valence-electron chi connectivity index (χ3n) is 3.57. The van der Waals surface area contributed by atoms with Crippen molar-refractivity contribution in [3.8, 4) is 0 Å². The number of hydrogen-bond acceptors (Lipinski definition) is 3. The predicted octanol–water partition coefficient (Wildman–Crippen LogP) is 2.61. The first-order valence-electron chi connectivity index (χ1n) is 7.02. The van der Waals surface area contributed by atoms with E-state index >= 15 is 0 Å². The quantitative estimate of drug-likeness (QED) is 0.787. The van der Waals surface area contributed by atoms with E-state index in [1.54, 1.807) is 20.0 Å². The smallest absolute Gasteiger partial charge is 0.243 e. The van der Waals surface area contributed by atoms with Crippen molar-refractivity contribution < 1.29 is 13.5 Å². The van der Waals surface area contributed by atoms with Gasteiger partial charge in [0.25, 0.3) is 0 Å². The molecule has 1 aromatic rings. The number of aryl methyl sites for hydroxylation is 2. The number of aliphatic hydroxyl groups is 1. The van der Waals surface area contributed by atoms with Crippen LogP contribution in [0, 0.1) is 13.8 Å². The van der Waals surface area contributed by atoms with Gasteiger partial charge in [0.2, 0.25) is 10.0 Å². The molecular weight excluding hydrogens is 274 g/mol. The molecule has 0 unspecified atom stereocenters. The van der Waals surface area contributed by atoms with Gasteiger partial charge in [0.1, 0.15) is 0 Å². The molecule has 0 saturated heterocycles. The molecule has 0 aliphatic rings. The van der Waals surface area contributed by atoms with Crippen molar-refractivity contribution in [2.45, 2.75) is 51.5 Å². The Morgan fingerprint density at radius 1 is 1.15 bits per heavy atom. The minimum absolute atomic E-state index is 0.145. The van der Waals surface area contributed by atoms with E-state index in [0.29, 0.717) is 17.0 Å². The number of rotatable bonds is 7. The van der Waals surface area contributed by atoms with Gasteiger partial charge >= 0.3 is 0 Å². The van der Waals surface area contributed by atoms with Crippen LogP contribution in [-0.2, 0) is 16.6 Å². The summed E-state index contributed by atoms with van der Waals surface area (Å²) >= 11 is 0. The summed E-state index contributed by atoms with van der Waals surface area (Å²) in [7, 11) is -1.86. The van der Waals surface area contributed by atoms with Crippen LogP contribution >= 0.6 is 0 Å². The molecule has 20 heavy (non-hydrogen) atoms. The Morgan fingerprint density at radius 3 is 2.35 bits per heavy atom. The molecular formula is C15H25NO3S. The summed E-state index contributed by atoms with van der Waals surface area (Å²) in [5.74, 6) is 0. The first kappa shape index (κ1) is 17.1. The third-order valence-corrected chi connectivity index (χ3v) is 5.57. The van der Waals surface area contributed by atoms with Crippen LogP contribution in [0.4, 0.5) is 0 Å². The van der Waals surface area contributed by atoms with Gasteiger partial charge in [-0.2, -0.15) is 0 Å². The van der Waals surface area contributed by atoms with E-state index in [-0.39, 0.29) is 6.61 Å². The van der Waals surface area contributed by atoms with Crippen molar-refractivity contribution in [1.29, 1.82) is 0 Å². The normalized spacial score (nSPS) is 12.1. The molecule has 0 amide bonds. The van der Waals surface area contributed by atoms with Crippen molar-refractivity contribution in [3.05, 3.63) is 28.8 Å². The van der Waals surface area contributed by atoms with Gasteiger partial charge in [0, 0.05) is 13.6 Å². The fraction of sp³-hybridized carbons (Fsp3) is 0.600. The van der Waals surface area contributed by atoms with E-state index in [9.17, 15) is 13.5 Å². The van der Waals surface area contributed by atoms with Crippen molar-refractivity contribution >= 4 is 10.0 Å². The molecule has 1 aromatic carbocycles. The lowest BCUT2D eigenvalue weighted by Gasteiger charge is -2.19. The topological polar surface area (TPSA) is 57.6 Å². The zero-order chi connectivity index (χ0) is 15.3. The third kappa shape index (κ3) is 3.81. The zero-order valence-corrected chi connectivity index (χ0v) is 13.6. The monoisotopic (exact) mass is 299 g/mol. The van der Waals surface area contributed by atoms with Gasteiger partial charge in [-0.3, -0.25) is 0 Å². The molecule has 0 bridgehead atoms. The van der Waals surface area contributed by atoms with Crippen LogP contribution in [0.15, 0.2) is 17.0 Å². The van der Waals surface area contributed by atoms with Crippen LogP contribution in [0.2, 0.25) is 0 Å². The molecule has 4 nitrogen and oxygen atoms in total. The van der Waals surface area contributed by atoms with Gasteiger partial charge in [-0.25, -0.2) is 12.7 Å². The molecule has 1 rings (SSSR count). The first-order valence-corrected chi connectivity index (χ1v) is 8.46. The highest BCUT2D eigenvalue weighted by Crippen LogP contribution is 2.23. The summed E-state index contributed by atoms with van der Waals surface area (Å²) in [5.41, 5.74) is 2.30. The molecule has 5 heteroatoms. The van der Waals surface area contributed by atoms with E-state index in [1.807, 2.05) is 13.0 Å². The van der Waals surface area contributed by atoms with Crippen molar-refractivity contribution in [3.63, 3.8) is 0 Å². The zero-order valence-electron chi connectivity index (χ0n) is 12.8. The molecule has 114 valence electrons. The molecule has 0 saturated carbocycles. The van der Waals surface area contributed by atoms with Crippen LogP contribution < -0.4 is 0 Å². The number of nitrogens with zero attached hydrogens (tertiary/aromatic N) is 1. The van der Waals surface area contributed by atoms with E-state index in [2.05, 4.69) is 6.92 Å². The summed E-state index contributed by atoms with van der Waals surface area (Å²) in [4.78, 5) is 0.297. The van der Waals surface area contributed by atoms with Crippen molar-refractivity contribution in [1.82, 2.24) is 4.31 Å². The van der Waals surface area contributed by atoms with Crippen LogP contribution in [0.5, 0.6) is 0 Å². The van der Waals surface area contributed by atoms with Gasteiger partial charge in [0.05, 0.1) is 11.5 Å². The summed E-state index contributed by atoms with van der Waals surface area (Å²) in [6.45, 7) is 6.14. The molecule has 1 N–H and O–H groups in total. The van der Waals surface area contributed by atoms with Gasteiger partial charge in [-0.15, -0.1) is 0 Å². The number of unbranched alkanes of at least 4 members (excludes halogenated alkanes) is 2. The lowest BCUT2D eigenvalue weighted by molar-refractivity contribution is 0.280. The largest absolute Gasteiger partial charge is 0.392 e. The summed E-state index contributed by atoms with van der Waals surface area (Å²) in [5, 5.41) is 9.30. The van der Waals surface area contributed by atoms with Crippen molar-refractivity contribution in [2.24, 2.45) is 0 Å².